The molecule has 0 unspecified atom stereocenters. The summed E-state index contributed by atoms with van der Waals surface area (Å²) in [6.07, 6.45) is 3.94. The van der Waals surface area contributed by atoms with Crippen LogP contribution in [0.15, 0.2) is 0 Å². The van der Waals surface area contributed by atoms with Gasteiger partial charge < -0.3 is 9.31 Å². The lowest BCUT2D eigenvalue weighted by Gasteiger charge is -2.05. The van der Waals surface area contributed by atoms with Crippen LogP contribution in [0, 0.1) is 0 Å². The Labute approximate surface area is 75.2 Å². The molecule has 0 bridgehead atoms. The van der Waals surface area contributed by atoms with E-state index in [1.807, 2.05) is 0 Å². The van der Waals surface area contributed by atoms with Gasteiger partial charge in [-0.25, -0.2) is 5.02 Å². The van der Waals surface area contributed by atoms with Gasteiger partial charge in [0.05, 0.1) is 0 Å². The Bertz CT molecular complexity index is 80.4. The van der Waals surface area contributed by atoms with Crippen molar-refractivity contribution >= 4 is 7.32 Å². The van der Waals surface area contributed by atoms with E-state index < -0.39 is 7.32 Å². The van der Waals surface area contributed by atoms with Gasteiger partial charge in [0.1, 0.15) is 0 Å². The third-order valence-corrected chi connectivity index (χ3v) is 1.50. The minimum absolute atomic E-state index is 0.511. The molecule has 0 amide bonds. The molecule has 0 saturated carbocycles. The Hall–Kier alpha value is -0.0551. The fraction of sp³-hybridized carbons (Fsp3) is 1.00. The monoisotopic (exact) mass is 173 g/mol. The average Bonchev–Trinajstić information content (AvgIpc) is 2.06. The molecule has 0 aromatic carbocycles. The Balaban J connectivity index is 3.04. The zero-order valence-corrected chi connectivity index (χ0v) is 8.04. The van der Waals surface area contributed by atoms with E-state index in [1.165, 1.54) is 0 Å². The van der Waals surface area contributed by atoms with Gasteiger partial charge in [0.25, 0.3) is 0 Å². The second kappa shape index (κ2) is 9.04. The molecular weight excluding hydrogens is 155 g/mol. The van der Waals surface area contributed by atoms with E-state index in [2.05, 4.69) is 13.8 Å². The maximum atomic E-state index is 10.8. The Morgan fingerprint density at radius 2 is 1.42 bits per heavy atom. The maximum absolute atomic E-state index is 10.8. The van der Waals surface area contributed by atoms with Crippen LogP contribution in [0.1, 0.15) is 39.5 Å². The van der Waals surface area contributed by atoms with Crippen molar-refractivity contribution in [2.45, 2.75) is 39.5 Å². The van der Waals surface area contributed by atoms with Gasteiger partial charge in [-0.3, -0.25) is 0 Å². The van der Waals surface area contributed by atoms with Crippen LogP contribution in [-0.4, -0.2) is 20.5 Å². The molecule has 4 heteroatoms. The average molecular weight is 173 g/mol. The van der Waals surface area contributed by atoms with Gasteiger partial charge in [-0.05, 0) is 12.8 Å². The van der Waals surface area contributed by atoms with Crippen molar-refractivity contribution in [2.24, 2.45) is 0 Å². The van der Waals surface area contributed by atoms with Gasteiger partial charge in [-0.2, -0.15) is 0 Å². The summed E-state index contributed by atoms with van der Waals surface area (Å²) in [5.41, 5.74) is 0. The molecule has 12 heavy (non-hydrogen) atoms. The molecule has 0 aliphatic rings. The summed E-state index contributed by atoms with van der Waals surface area (Å²) in [6.45, 7) is 5.13. The molecule has 0 aromatic rings. The van der Waals surface area contributed by atoms with E-state index in [1.54, 1.807) is 0 Å². The minimum atomic E-state index is -1.27. The first kappa shape index (κ1) is 11.9. The van der Waals surface area contributed by atoms with Crippen molar-refractivity contribution < 1.29 is 14.3 Å². The van der Waals surface area contributed by atoms with E-state index in [9.17, 15) is 5.02 Å². The summed E-state index contributed by atoms with van der Waals surface area (Å²) < 4.78 is 9.70. The summed E-state index contributed by atoms with van der Waals surface area (Å²) in [5, 5.41) is 10.8. The summed E-state index contributed by atoms with van der Waals surface area (Å²) >= 11 is 0. The highest BCUT2D eigenvalue weighted by molar-refractivity contribution is 6.34. The predicted molar refractivity (Wildman–Crippen MR) is 48.2 cm³/mol. The SMILES string of the molecule is CCCCOB([O])OCCCC. The second-order valence-electron chi connectivity index (χ2n) is 2.74. The Kier molecular flexibility index (Phi) is 8.99. The Morgan fingerprint density at radius 3 is 1.75 bits per heavy atom. The van der Waals surface area contributed by atoms with Gasteiger partial charge >= 0.3 is 7.32 Å². The number of hydrogen-bond acceptors (Lipinski definition) is 2. The van der Waals surface area contributed by atoms with Crippen molar-refractivity contribution in [3.8, 4) is 0 Å². The summed E-state index contributed by atoms with van der Waals surface area (Å²) in [7, 11) is -1.27. The molecule has 0 N–H and O–H groups in total. The molecule has 0 aliphatic carbocycles. The number of unbranched alkanes of at least 4 members (excludes halogenated alkanes) is 2. The van der Waals surface area contributed by atoms with Gasteiger partial charge in [-0.1, -0.05) is 26.7 Å². The van der Waals surface area contributed by atoms with E-state index in [0.717, 1.165) is 25.7 Å². The van der Waals surface area contributed by atoms with Crippen molar-refractivity contribution in [2.75, 3.05) is 13.2 Å². The highest BCUT2D eigenvalue weighted by atomic mass is 16.7. The minimum Gasteiger partial charge on any atom is -0.384 e. The van der Waals surface area contributed by atoms with Crippen molar-refractivity contribution in [3.05, 3.63) is 0 Å². The smallest absolute Gasteiger partial charge is 0.384 e. The normalized spacial score (nSPS) is 10.2. The summed E-state index contributed by atoms with van der Waals surface area (Å²) in [4.78, 5) is 0. The van der Waals surface area contributed by atoms with E-state index in [-0.39, 0.29) is 0 Å². The molecule has 0 atom stereocenters. The first-order chi connectivity index (χ1) is 5.81. The van der Waals surface area contributed by atoms with Crippen LogP contribution in [0.3, 0.4) is 0 Å². The lowest BCUT2D eigenvalue weighted by Crippen LogP contribution is -2.22. The van der Waals surface area contributed by atoms with Gasteiger partial charge in [0, 0.05) is 13.2 Å². The number of hydrogen-bond donors (Lipinski definition) is 0. The molecule has 0 aromatic heterocycles. The van der Waals surface area contributed by atoms with Gasteiger partial charge in [0.15, 0.2) is 0 Å². The molecule has 0 rings (SSSR count). The van der Waals surface area contributed by atoms with Crippen LogP contribution in [0.4, 0.5) is 0 Å². The zero-order chi connectivity index (χ0) is 9.23. The fourth-order valence-corrected chi connectivity index (χ4v) is 0.696. The van der Waals surface area contributed by atoms with Crippen molar-refractivity contribution in [1.82, 2.24) is 0 Å². The van der Waals surface area contributed by atoms with Crippen LogP contribution in [0.5, 0.6) is 0 Å². The van der Waals surface area contributed by atoms with Gasteiger partial charge in [0.2, 0.25) is 0 Å². The molecule has 0 heterocycles. The van der Waals surface area contributed by atoms with Crippen LogP contribution in [0.2, 0.25) is 0 Å². The molecule has 3 nitrogen and oxygen atoms in total. The topological polar surface area (TPSA) is 38.4 Å². The second-order valence-corrected chi connectivity index (χ2v) is 2.74. The molecule has 0 fully saturated rings. The molecule has 71 valence electrons. The van der Waals surface area contributed by atoms with Crippen LogP contribution in [0.25, 0.3) is 0 Å². The lowest BCUT2D eigenvalue weighted by atomic mass is 10.2. The maximum Gasteiger partial charge on any atom is 0.666 e. The van der Waals surface area contributed by atoms with Crippen LogP contribution in [-0.2, 0) is 14.3 Å². The molecule has 0 aliphatic heterocycles. The first-order valence-electron chi connectivity index (χ1n) is 4.70. The van der Waals surface area contributed by atoms with Crippen LogP contribution >= 0.6 is 0 Å². The first-order valence-corrected chi connectivity index (χ1v) is 4.70. The highest BCUT2D eigenvalue weighted by Gasteiger charge is 2.16. The van der Waals surface area contributed by atoms with Crippen LogP contribution < -0.4 is 0 Å². The number of rotatable bonds is 8. The molecular formula is C8H18BO3. The third-order valence-electron chi connectivity index (χ3n) is 1.50. The standard InChI is InChI=1S/C8H18BO3/c1-3-5-7-11-9(10)12-8-6-4-2/h3-8H2,1-2H3. The summed E-state index contributed by atoms with van der Waals surface area (Å²) in [5.74, 6) is 0. The van der Waals surface area contributed by atoms with E-state index in [0.29, 0.717) is 13.2 Å². The lowest BCUT2D eigenvalue weighted by molar-refractivity contribution is 0.106. The molecule has 0 saturated heterocycles. The van der Waals surface area contributed by atoms with Gasteiger partial charge in [-0.15, -0.1) is 0 Å². The van der Waals surface area contributed by atoms with E-state index >= 15 is 0 Å². The fourth-order valence-electron chi connectivity index (χ4n) is 0.696. The largest absolute Gasteiger partial charge is 0.666 e. The molecule has 0 spiro atoms. The molecule has 1 radical (unpaired) electrons. The summed E-state index contributed by atoms with van der Waals surface area (Å²) in [6, 6.07) is 0. The van der Waals surface area contributed by atoms with Crippen molar-refractivity contribution in [3.63, 3.8) is 0 Å². The third kappa shape index (κ3) is 8.05. The van der Waals surface area contributed by atoms with Crippen molar-refractivity contribution in [1.29, 1.82) is 0 Å². The van der Waals surface area contributed by atoms with E-state index in [4.69, 9.17) is 9.31 Å². The quantitative estimate of drug-likeness (QED) is 0.416. The zero-order valence-electron chi connectivity index (χ0n) is 8.04. The predicted octanol–water partition coefficient (Wildman–Crippen LogP) is 2.04. The Morgan fingerprint density at radius 1 is 1.00 bits per heavy atom. The highest BCUT2D eigenvalue weighted by Crippen LogP contribution is 1.94.